The van der Waals surface area contributed by atoms with E-state index in [4.69, 9.17) is 19.3 Å². The van der Waals surface area contributed by atoms with Crippen molar-refractivity contribution in [1.29, 1.82) is 0 Å². The molecule has 0 amide bonds. The maximum atomic E-state index is 13.3. The number of nitrogens with zero attached hydrogens (tertiary/aromatic N) is 3. The third kappa shape index (κ3) is 6.28. The average Bonchev–Trinajstić information content (AvgIpc) is 3.30. The smallest absolute Gasteiger partial charge is 0.338 e. The molecule has 8 nitrogen and oxygen atoms in total. The van der Waals surface area contributed by atoms with Gasteiger partial charge in [-0.25, -0.2) is 9.48 Å². The number of carbonyl (C=O) groups excluding carboxylic acids is 1. The van der Waals surface area contributed by atoms with Crippen LogP contribution in [0.15, 0.2) is 65.0 Å². The van der Waals surface area contributed by atoms with Crippen molar-refractivity contribution < 1.29 is 19.0 Å². The minimum Gasteiger partial charge on any atom is -0.490 e. The summed E-state index contributed by atoms with van der Waals surface area (Å²) in [5.41, 5.74) is 3.10. The summed E-state index contributed by atoms with van der Waals surface area (Å²) in [6, 6.07) is 15.2. The number of hydrogen-bond acceptors (Lipinski definition) is 8. The molecule has 0 bridgehead atoms. The fraction of sp³-hybridized carbons (Fsp3) is 0.393. The van der Waals surface area contributed by atoms with Crippen LogP contribution in [0.5, 0.6) is 11.5 Å². The van der Waals surface area contributed by atoms with Gasteiger partial charge in [0.2, 0.25) is 11.1 Å². The van der Waals surface area contributed by atoms with Gasteiger partial charge in [0.25, 0.3) is 0 Å². The molecule has 4 rings (SSSR count). The second-order valence-electron chi connectivity index (χ2n) is 8.56. The van der Waals surface area contributed by atoms with Crippen molar-refractivity contribution in [3.8, 4) is 11.5 Å². The molecule has 0 spiro atoms. The van der Waals surface area contributed by atoms with E-state index < -0.39 is 6.04 Å². The SMILES string of the molecule is CCCCOC(=O)C1=C(C)Nc2nc(SCC)nn2C1c1ccc(OCc2ccccc2)c(OCC)c1. The van der Waals surface area contributed by atoms with E-state index in [0.717, 1.165) is 29.7 Å². The molecular formula is C28H34N4O4S. The summed E-state index contributed by atoms with van der Waals surface area (Å²) in [7, 11) is 0. The number of rotatable bonds is 12. The lowest BCUT2D eigenvalue weighted by atomic mass is 9.95. The fourth-order valence-corrected chi connectivity index (χ4v) is 4.65. The predicted molar refractivity (Wildman–Crippen MR) is 145 cm³/mol. The first-order valence-electron chi connectivity index (χ1n) is 12.7. The summed E-state index contributed by atoms with van der Waals surface area (Å²) in [5.74, 6) is 2.31. The molecule has 1 unspecified atom stereocenters. The van der Waals surface area contributed by atoms with Gasteiger partial charge in [-0.3, -0.25) is 0 Å². The lowest BCUT2D eigenvalue weighted by molar-refractivity contribution is -0.139. The lowest BCUT2D eigenvalue weighted by Crippen LogP contribution is -2.30. The molecule has 0 radical (unpaired) electrons. The molecule has 0 saturated carbocycles. The van der Waals surface area contributed by atoms with Crippen LogP contribution in [0.3, 0.4) is 0 Å². The first-order valence-corrected chi connectivity index (χ1v) is 13.7. The second kappa shape index (κ2) is 12.7. The van der Waals surface area contributed by atoms with Crippen LogP contribution in [0.4, 0.5) is 5.95 Å². The van der Waals surface area contributed by atoms with Crippen LogP contribution in [0.1, 0.15) is 57.7 Å². The number of hydrogen-bond donors (Lipinski definition) is 1. The molecule has 9 heteroatoms. The topological polar surface area (TPSA) is 87.5 Å². The van der Waals surface area contributed by atoms with Crippen molar-refractivity contribution in [2.45, 2.75) is 58.3 Å². The third-order valence-electron chi connectivity index (χ3n) is 5.88. The van der Waals surface area contributed by atoms with Gasteiger partial charge in [-0.1, -0.05) is 68.4 Å². The Bertz CT molecular complexity index is 1240. The largest absolute Gasteiger partial charge is 0.490 e. The minimum absolute atomic E-state index is 0.364. The third-order valence-corrected chi connectivity index (χ3v) is 6.60. The number of benzene rings is 2. The Morgan fingerprint density at radius 3 is 2.62 bits per heavy atom. The van der Waals surface area contributed by atoms with Crippen molar-refractivity contribution in [2.75, 3.05) is 24.3 Å². The van der Waals surface area contributed by atoms with E-state index in [9.17, 15) is 4.79 Å². The monoisotopic (exact) mass is 522 g/mol. The van der Waals surface area contributed by atoms with Gasteiger partial charge >= 0.3 is 5.97 Å². The highest BCUT2D eigenvalue weighted by molar-refractivity contribution is 7.99. The van der Waals surface area contributed by atoms with E-state index >= 15 is 0 Å². The summed E-state index contributed by atoms with van der Waals surface area (Å²) in [4.78, 5) is 17.9. The summed E-state index contributed by atoms with van der Waals surface area (Å²) in [6.07, 6.45) is 1.75. The Labute approximate surface area is 222 Å². The summed E-state index contributed by atoms with van der Waals surface area (Å²) in [6.45, 7) is 9.19. The van der Waals surface area contributed by atoms with Gasteiger partial charge in [0.15, 0.2) is 11.5 Å². The van der Waals surface area contributed by atoms with E-state index in [1.807, 2.05) is 62.4 Å². The zero-order valence-corrected chi connectivity index (χ0v) is 22.6. The average molecular weight is 523 g/mol. The fourth-order valence-electron chi connectivity index (χ4n) is 4.10. The number of thioether (sulfide) groups is 1. The van der Waals surface area contributed by atoms with Crippen LogP contribution in [-0.2, 0) is 16.1 Å². The summed E-state index contributed by atoms with van der Waals surface area (Å²) < 4.78 is 19.5. The molecule has 196 valence electrons. The van der Waals surface area contributed by atoms with Crippen molar-refractivity contribution in [1.82, 2.24) is 14.8 Å². The van der Waals surface area contributed by atoms with Crippen LogP contribution in [0.2, 0.25) is 0 Å². The molecule has 1 aromatic heterocycles. The Morgan fingerprint density at radius 1 is 1.08 bits per heavy atom. The number of anilines is 1. The van der Waals surface area contributed by atoms with E-state index in [2.05, 4.69) is 24.1 Å². The maximum absolute atomic E-state index is 13.3. The highest BCUT2D eigenvalue weighted by Gasteiger charge is 2.35. The van der Waals surface area contributed by atoms with E-state index in [-0.39, 0.29) is 5.97 Å². The molecule has 2 aromatic carbocycles. The number of ether oxygens (including phenoxy) is 3. The van der Waals surface area contributed by atoms with Crippen molar-refractivity contribution >= 4 is 23.7 Å². The van der Waals surface area contributed by atoms with Gasteiger partial charge < -0.3 is 19.5 Å². The molecule has 1 aliphatic rings. The normalized spacial score (nSPS) is 14.6. The van der Waals surface area contributed by atoms with E-state index in [0.29, 0.717) is 53.7 Å². The molecule has 0 fully saturated rings. The number of esters is 1. The lowest BCUT2D eigenvalue weighted by Gasteiger charge is -2.28. The van der Waals surface area contributed by atoms with Crippen LogP contribution < -0.4 is 14.8 Å². The van der Waals surface area contributed by atoms with E-state index in [1.165, 1.54) is 0 Å². The molecule has 2 heterocycles. The number of fused-ring (bicyclic) bond motifs is 1. The summed E-state index contributed by atoms with van der Waals surface area (Å²) >= 11 is 1.55. The quantitative estimate of drug-likeness (QED) is 0.176. The molecule has 1 N–H and O–H groups in total. The zero-order valence-electron chi connectivity index (χ0n) is 21.8. The van der Waals surface area contributed by atoms with E-state index in [1.54, 1.807) is 16.4 Å². The van der Waals surface area contributed by atoms with Crippen LogP contribution in [-0.4, -0.2) is 39.7 Å². The van der Waals surface area contributed by atoms with Crippen LogP contribution >= 0.6 is 11.8 Å². The van der Waals surface area contributed by atoms with Crippen molar-refractivity contribution in [3.63, 3.8) is 0 Å². The molecule has 1 atom stereocenters. The van der Waals surface area contributed by atoms with Gasteiger partial charge in [-0.2, -0.15) is 4.98 Å². The Balaban J connectivity index is 1.71. The Morgan fingerprint density at radius 2 is 1.89 bits per heavy atom. The molecule has 1 aliphatic heterocycles. The van der Waals surface area contributed by atoms with Gasteiger partial charge in [0.1, 0.15) is 12.6 Å². The first-order chi connectivity index (χ1) is 18.0. The number of unbranched alkanes of at least 4 members (excludes halogenated alkanes) is 1. The number of carbonyl (C=O) groups is 1. The molecular weight excluding hydrogens is 488 g/mol. The highest BCUT2D eigenvalue weighted by atomic mass is 32.2. The maximum Gasteiger partial charge on any atom is 0.338 e. The standard InChI is InChI=1S/C28H34N4O4S/c1-5-8-16-35-26(33)24-19(4)29-27-30-28(37-7-3)31-32(27)25(24)21-14-15-22(23(17-21)34-6-2)36-18-20-12-10-9-11-13-20/h9-15,17,25H,5-8,16,18H2,1-4H3,(H,29,30,31). The minimum atomic E-state index is -0.522. The second-order valence-corrected chi connectivity index (χ2v) is 9.80. The van der Waals surface area contributed by atoms with Gasteiger partial charge in [-0.15, -0.1) is 5.10 Å². The number of nitrogens with one attached hydrogen (secondary N) is 1. The van der Waals surface area contributed by atoms with Crippen LogP contribution in [0, 0.1) is 0 Å². The summed E-state index contributed by atoms with van der Waals surface area (Å²) in [5, 5.41) is 8.63. The molecule has 37 heavy (non-hydrogen) atoms. The number of allylic oxidation sites excluding steroid dienone is 1. The predicted octanol–water partition coefficient (Wildman–Crippen LogP) is 6.00. The van der Waals surface area contributed by atoms with Gasteiger partial charge in [-0.05, 0) is 49.3 Å². The van der Waals surface area contributed by atoms with Crippen molar-refractivity contribution in [3.05, 3.63) is 70.9 Å². The van der Waals surface area contributed by atoms with Crippen molar-refractivity contribution in [2.24, 2.45) is 0 Å². The molecule has 0 saturated heterocycles. The molecule has 0 aliphatic carbocycles. The number of aromatic nitrogens is 3. The first kappa shape index (κ1) is 26.6. The van der Waals surface area contributed by atoms with Gasteiger partial charge in [0.05, 0.1) is 18.8 Å². The Hall–Kier alpha value is -3.46. The Kier molecular flexibility index (Phi) is 9.11. The molecule has 3 aromatic rings. The van der Waals surface area contributed by atoms with Gasteiger partial charge in [0, 0.05) is 5.70 Å². The highest BCUT2D eigenvalue weighted by Crippen LogP contribution is 2.40. The zero-order chi connectivity index (χ0) is 26.2. The van der Waals surface area contributed by atoms with Crippen LogP contribution in [0.25, 0.3) is 0 Å².